The van der Waals surface area contributed by atoms with Crippen LogP contribution in [0.3, 0.4) is 0 Å². The van der Waals surface area contributed by atoms with Crippen LogP contribution in [0.2, 0.25) is 0 Å². The molecule has 4 rings (SSSR count). The Balaban J connectivity index is 1.68. The van der Waals surface area contributed by atoms with Crippen LogP contribution in [-0.2, 0) is 0 Å². The van der Waals surface area contributed by atoms with Gasteiger partial charge in [0.2, 0.25) is 0 Å². The molecular weight excluding hydrogens is 324 g/mol. The normalized spacial score (nSPS) is 50.0. The Bertz CT molecular complexity index is 698. The number of allylic oxidation sites excluding steroid dienone is 2. The van der Waals surface area contributed by atoms with Gasteiger partial charge in [0.1, 0.15) is 5.60 Å². The fourth-order valence-corrected chi connectivity index (χ4v) is 7.39. The summed E-state index contributed by atoms with van der Waals surface area (Å²) < 4.78 is 0. The van der Waals surface area contributed by atoms with Crippen LogP contribution < -0.4 is 11.7 Å². The highest BCUT2D eigenvalue weighted by atomic mass is 16.3. The van der Waals surface area contributed by atoms with E-state index >= 15 is 0 Å². The highest BCUT2D eigenvalue weighted by Crippen LogP contribution is 2.67. The molecule has 3 fully saturated rings. The molecule has 3 unspecified atom stereocenters. The molecule has 0 heterocycles. The van der Waals surface area contributed by atoms with Gasteiger partial charge in [0.25, 0.3) is 0 Å². The lowest BCUT2D eigenvalue weighted by Gasteiger charge is -2.59. The Labute approximate surface area is 157 Å². The lowest BCUT2D eigenvalue weighted by Crippen LogP contribution is -2.57. The zero-order valence-electron chi connectivity index (χ0n) is 16.5. The highest BCUT2D eigenvalue weighted by molar-refractivity contribution is 5.96. The zero-order chi connectivity index (χ0) is 18.7. The van der Waals surface area contributed by atoms with E-state index in [-0.39, 0.29) is 10.8 Å². The minimum Gasteiger partial charge on any atom is -0.383 e. The second kappa shape index (κ2) is 5.82. The maximum absolute atomic E-state index is 11.5. The van der Waals surface area contributed by atoms with Crippen molar-refractivity contribution in [1.29, 1.82) is 0 Å². The molecule has 0 aromatic heterocycles. The number of nitrogens with two attached hydrogens (primary N) is 2. The Morgan fingerprint density at radius 3 is 2.50 bits per heavy atom. The van der Waals surface area contributed by atoms with Gasteiger partial charge < -0.3 is 16.8 Å². The summed E-state index contributed by atoms with van der Waals surface area (Å²) in [6.07, 6.45) is 10.9. The fraction of sp³-hybridized carbons (Fsp3) is 0.810. The smallest absolute Gasteiger partial charge is 0.110 e. The lowest BCUT2D eigenvalue weighted by molar-refractivity contribution is -0.0945. The van der Waals surface area contributed by atoms with Crippen LogP contribution in [-0.4, -0.2) is 22.1 Å². The van der Waals surface area contributed by atoms with Gasteiger partial charge in [-0.2, -0.15) is 10.2 Å². The number of hydrogen-bond acceptors (Lipinski definition) is 5. The van der Waals surface area contributed by atoms with Gasteiger partial charge in [0.15, 0.2) is 0 Å². The molecule has 0 aromatic rings. The summed E-state index contributed by atoms with van der Waals surface area (Å²) in [4.78, 5) is 0. The number of nitrogens with zero attached hydrogens (tertiary/aromatic N) is 2. The molecule has 0 bridgehead atoms. The summed E-state index contributed by atoms with van der Waals surface area (Å²) in [6, 6.07) is 0. The van der Waals surface area contributed by atoms with Crippen molar-refractivity contribution < 1.29 is 5.11 Å². The van der Waals surface area contributed by atoms with Crippen molar-refractivity contribution >= 4 is 11.4 Å². The Kier molecular flexibility index (Phi) is 4.03. The first-order valence-corrected chi connectivity index (χ1v) is 10.3. The topological polar surface area (TPSA) is 97.0 Å². The summed E-state index contributed by atoms with van der Waals surface area (Å²) in [5, 5.41) is 19.4. The second-order valence-electron chi connectivity index (χ2n) is 9.69. The van der Waals surface area contributed by atoms with E-state index < -0.39 is 5.60 Å². The van der Waals surface area contributed by atoms with E-state index in [1.54, 1.807) is 5.57 Å². The molecule has 0 radical (unpaired) electrons. The number of fused-ring (bicyclic) bond motifs is 5. The molecule has 0 spiro atoms. The van der Waals surface area contributed by atoms with E-state index in [1.807, 2.05) is 6.92 Å². The summed E-state index contributed by atoms with van der Waals surface area (Å²) in [5.41, 5.74) is 2.67. The highest BCUT2D eigenvalue weighted by Gasteiger charge is 2.64. The average Bonchev–Trinajstić information content (AvgIpc) is 2.92. The Hall–Kier alpha value is -1.36. The van der Waals surface area contributed by atoms with Crippen LogP contribution in [0.5, 0.6) is 0 Å². The van der Waals surface area contributed by atoms with Crippen LogP contribution in [0, 0.1) is 28.6 Å². The van der Waals surface area contributed by atoms with Crippen LogP contribution in [0.25, 0.3) is 0 Å². The van der Waals surface area contributed by atoms with E-state index in [4.69, 9.17) is 11.7 Å². The van der Waals surface area contributed by atoms with Gasteiger partial charge in [-0.15, -0.1) is 0 Å². The van der Waals surface area contributed by atoms with Crippen LogP contribution in [0.1, 0.15) is 72.1 Å². The van der Waals surface area contributed by atoms with Gasteiger partial charge in [-0.3, -0.25) is 0 Å². The molecule has 144 valence electrons. The zero-order valence-corrected chi connectivity index (χ0v) is 16.5. The summed E-state index contributed by atoms with van der Waals surface area (Å²) >= 11 is 0. The molecule has 0 aromatic carbocycles. The molecule has 0 aliphatic heterocycles. The molecule has 4 aliphatic rings. The number of hydrazone groups is 2. The molecule has 0 amide bonds. The summed E-state index contributed by atoms with van der Waals surface area (Å²) in [6.45, 7) is 6.67. The van der Waals surface area contributed by atoms with E-state index in [0.717, 1.165) is 44.2 Å². The van der Waals surface area contributed by atoms with Gasteiger partial charge in [0, 0.05) is 5.41 Å². The first-order valence-electron chi connectivity index (χ1n) is 10.3. The summed E-state index contributed by atoms with van der Waals surface area (Å²) in [7, 11) is 0. The maximum Gasteiger partial charge on any atom is 0.110 e. The van der Waals surface area contributed by atoms with Crippen molar-refractivity contribution in [3.05, 3.63) is 11.6 Å². The van der Waals surface area contributed by atoms with Crippen molar-refractivity contribution in [1.82, 2.24) is 0 Å². The van der Waals surface area contributed by atoms with Gasteiger partial charge in [0.05, 0.1) is 11.4 Å². The fourth-order valence-electron chi connectivity index (χ4n) is 7.39. The third-order valence-electron chi connectivity index (χ3n) is 9.09. The molecule has 6 atom stereocenters. The number of rotatable bonds is 1. The van der Waals surface area contributed by atoms with Crippen molar-refractivity contribution in [3.8, 4) is 0 Å². The first kappa shape index (κ1) is 18.0. The SMILES string of the molecule is C/C(=N\N)[C@@]1(O)CCC2C3CCC4=C/C(=N/N)CC[C@]4(C)C3CC[C@@]21C. The number of aliphatic hydroxyl groups is 1. The minimum atomic E-state index is -0.833. The van der Waals surface area contributed by atoms with Gasteiger partial charge in [-0.1, -0.05) is 19.4 Å². The Morgan fingerprint density at radius 2 is 1.81 bits per heavy atom. The molecule has 0 saturated heterocycles. The van der Waals surface area contributed by atoms with Gasteiger partial charge >= 0.3 is 0 Å². The van der Waals surface area contributed by atoms with E-state index in [9.17, 15) is 5.11 Å². The molecule has 3 saturated carbocycles. The van der Waals surface area contributed by atoms with Gasteiger partial charge in [-0.25, -0.2) is 0 Å². The molecule has 4 aliphatic carbocycles. The second-order valence-corrected chi connectivity index (χ2v) is 9.69. The predicted molar refractivity (Wildman–Crippen MR) is 106 cm³/mol. The van der Waals surface area contributed by atoms with Crippen molar-refractivity contribution in [2.75, 3.05) is 0 Å². The van der Waals surface area contributed by atoms with Crippen LogP contribution in [0.15, 0.2) is 21.9 Å². The minimum absolute atomic E-state index is 0.1000. The molecule has 26 heavy (non-hydrogen) atoms. The average molecular weight is 359 g/mol. The van der Waals surface area contributed by atoms with E-state index in [1.165, 1.54) is 12.8 Å². The van der Waals surface area contributed by atoms with Crippen LogP contribution >= 0.6 is 0 Å². The third kappa shape index (κ3) is 2.12. The largest absolute Gasteiger partial charge is 0.383 e. The molecule has 5 heteroatoms. The summed E-state index contributed by atoms with van der Waals surface area (Å²) in [5.74, 6) is 13.1. The van der Waals surface area contributed by atoms with Crippen LogP contribution in [0.4, 0.5) is 0 Å². The van der Waals surface area contributed by atoms with Crippen molar-refractivity contribution in [2.45, 2.75) is 77.7 Å². The van der Waals surface area contributed by atoms with Gasteiger partial charge in [-0.05, 0) is 87.5 Å². The standard InChI is InChI=1S/C21H34N4O/c1-13(24-22)21(26)11-8-18-16-5-4-14-12-15(25-23)6-9-19(14,2)17(16)7-10-20(18,21)3/h12,16-18,26H,4-11,22-23H2,1-3H3/b24-13+,25-15+/t16?,17?,18?,19-,20-,21-/m0/s1. The first-order chi connectivity index (χ1) is 12.3. The van der Waals surface area contributed by atoms with E-state index in [0.29, 0.717) is 23.5 Å². The monoisotopic (exact) mass is 358 g/mol. The quantitative estimate of drug-likeness (QED) is 0.381. The predicted octanol–water partition coefficient (Wildman–Crippen LogP) is 3.33. The molecule has 5 nitrogen and oxygen atoms in total. The molecule has 5 N–H and O–H groups in total. The third-order valence-corrected chi connectivity index (χ3v) is 9.09. The lowest BCUT2D eigenvalue weighted by atomic mass is 9.46. The van der Waals surface area contributed by atoms with Crippen molar-refractivity contribution in [2.24, 2.45) is 50.5 Å². The maximum atomic E-state index is 11.5. The van der Waals surface area contributed by atoms with Crippen molar-refractivity contribution in [3.63, 3.8) is 0 Å². The molecular formula is C21H34N4O. The van der Waals surface area contributed by atoms with E-state index in [2.05, 4.69) is 30.1 Å². The number of hydrogen-bond donors (Lipinski definition) is 3. The Morgan fingerprint density at radius 1 is 1.08 bits per heavy atom.